The van der Waals surface area contributed by atoms with Crippen LogP contribution in [0, 0.1) is 6.92 Å². The SMILES string of the molecule is Cc1cccc(/C=C2\Oc3c(ccc4c3CN(CCc3ccc(Cl)cc3)CO4)C2=O)c1. The highest BCUT2D eigenvalue weighted by Gasteiger charge is 2.33. The van der Waals surface area contributed by atoms with E-state index in [2.05, 4.69) is 4.90 Å². The van der Waals surface area contributed by atoms with E-state index in [0.717, 1.165) is 40.4 Å². The Morgan fingerprint density at radius 1 is 1.10 bits per heavy atom. The largest absolute Gasteiger partial charge is 0.478 e. The van der Waals surface area contributed by atoms with E-state index in [1.54, 1.807) is 6.07 Å². The topological polar surface area (TPSA) is 38.8 Å². The lowest BCUT2D eigenvalue weighted by Gasteiger charge is -2.29. The minimum atomic E-state index is -0.0856. The molecule has 0 radical (unpaired) electrons. The summed E-state index contributed by atoms with van der Waals surface area (Å²) in [5, 5.41) is 0.742. The average Bonchev–Trinajstić information content (AvgIpc) is 3.09. The molecule has 2 aliphatic rings. The number of nitrogens with zero attached hydrogens (tertiary/aromatic N) is 1. The van der Waals surface area contributed by atoms with Gasteiger partial charge >= 0.3 is 0 Å². The maximum atomic E-state index is 12.9. The van der Waals surface area contributed by atoms with Gasteiger partial charge < -0.3 is 9.47 Å². The van der Waals surface area contributed by atoms with Crippen LogP contribution in [0.15, 0.2) is 66.4 Å². The molecule has 0 fully saturated rings. The molecule has 0 saturated heterocycles. The number of carbonyl (C=O) groups is 1. The normalized spacial score (nSPS) is 16.6. The van der Waals surface area contributed by atoms with Crippen molar-refractivity contribution in [2.45, 2.75) is 19.9 Å². The van der Waals surface area contributed by atoms with Crippen LogP contribution in [0.25, 0.3) is 6.08 Å². The van der Waals surface area contributed by atoms with E-state index in [4.69, 9.17) is 21.1 Å². The van der Waals surface area contributed by atoms with E-state index >= 15 is 0 Å². The first-order valence-corrected chi connectivity index (χ1v) is 10.7. The van der Waals surface area contributed by atoms with Gasteiger partial charge in [-0.15, -0.1) is 0 Å². The third kappa shape index (κ3) is 4.09. The number of benzene rings is 3. The van der Waals surface area contributed by atoms with Crippen molar-refractivity contribution in [2.24, 2.45) is 0 Å². The van der Waals surface area contributed by atoms with Gasteiger partial charge in [-0.3, -0.25) is 9.69 Å². The van der Waals surface area contributed by atoms with Crippen LogP contribution in [0.1, 0.15) is 32.6 Å². The van der Waals surface area contributed by atoms with E-state index in [1.165, 1.54) is 5.56 Å². The fourth-order valence-corrected chi connectivity index (χ4v) is 4.12. The van der Waals surface area contributed by atoms with E-state index in [1.807, 2.05) is 67.6 Å². The van der Waals surface area contributed by atoms with Gasteiger partial charge in [0.05, 0.1) is 11.1 Å². The lowest BCUT2D eigenvalue weighted by Crippen LogP contribution is -2.33. The van der Waals surface area contributed by atoms with E-state index < -0.39 is 0 Å². The average molecular weight is 432 g/mol. The second-order valence-corrected chi connectivity index (χ2v) is 8.41. The smallest absolute Gasteiger partial charge is 0.231 e. The standard InChI is InChI=1S/C26H22ClNO3/c1-17-3-2-4-19(13-17)14-24-25(29)21-9-10-23-22(26(21)31-24)15-28(16-30-23)12-11-18-5-7-20(27)8-6-18/h2-10,13-14H,11-12,15-16H2,1H3/b24-14-. The molecule has 0 amide bonds. The highest BCUT2D eigenvalue weighted by molar-refractivity contribution is 6.30. The zero-order chi connectivity index (χ0) is 21.4. The quantitative estimate of drug-likeness (QED) is 0.500. The molecule has 0 bridgehead atoms. The number of aryl methyl sites for hydroxylation is 1. The lowest BCUT2D eigenvalue weighted by molar-refractivity contribution is 0.0950. The van der Waals surface area contributed by atoms with Crippen LogP contribution >= 0.6 is 11.6 Å². The number of hydrogen-bond acceptors (Lipinski definition) is 4. The summed E-state index contributed by atoms with van der Waals surface area (Å²) < 4.78 is 12.0. The number of ketones is 1. The number of hydrogen-bond donors (Lipinski definition) is 0. The number of rotatable bonds is 4. The number of ether oxygens (including phenoxy) is 2. The summed E-state index contributed by atoms with van der Waals surface area (Å²) in [5.41, 5.74) is 4.84. The molecule has 3 aromatic rings. The van der Waals surface area contributed by atoms with Crippen molar-refractivity contribution >= 4 is 23.5 Å². The summed E-state index contributed by atoms with van der Waals surface area (Å²) in [5.74, 6) is 1.67. The number of Topliss-reactive ketones (excluding diaryl/α,β-unsaturated/α-hetero) is 1. The van der Waals surface area contributed by atoms with Gasteiger partial charge in [-0.05, 0) is 54.8 Å². The Morgan fingerprint density at radius 2 is 1.94 bits per heavy atom. The van der Waals surface area contributed by atoms with Gasteiger partial charge in [0.2, 0.25) is 5.78 Å². The van der Waals surface area contributed by atoms with Crippen LogP contribution in [0.2, 0.25) is 5.02 Å². The van der Waals surface area contributed by atoms with Gasteiger partial charge in [0.1, 0.15) is 18.2 Å². The van der Waals surface area contributed by atoms with Gasteiger partial charge in [0, 0.05) is 18.1 Å². The van der Waals surface area contributed by atoms with Crippen molar-refractivity contribution in [2.75, 3.05) is 13.3 Å². The maximum absolute atomic E-state index is 12.9. The Labute approximate surface area is 186 Å². The molecule has 156 valence electrons. The highest BCUT2D eigenvalue weighted by Crippen LogP contribution is 2.42. The lowest BCUT2D eigenvalue weighted by atomic mass is 10.0. The molecule has 0 saturated carbocycles. The monoisotopic (exact) mass is 431 g/mol. The van der Waals surface area contributed by atoms with Crippen molar-refractivity contribution in [3.63, 3.8) is 0 Å². The predicted molar refractivity (Wildman–Crippen MR) is 122 cm³/mol. The first-order valence-electron chi connectivity index (χ1n) is 10.3. The first kappa shape index (κ1) is 19.9. The summed E-state index contributed by atoms with van der Waals surface area (Å²) >= 11 is 5.98. The summed E-state index contributed by atoms with van der Waals surface area (Å²) in [6, 6.07) is 19.6. The van der Waals surface area contributed by atoms with Gasteiger partial charge in [0.15, 0.2) is 5.76 Å². The summed E-state index contributed by atoms with van der Waals surface area (Å²) in [6.45, 7) is 4.06. The molecule has 31 heavy (non-hydrogen) atoms. The van der Waals surface area contributed by atoms with E-state index in [0.29, 0.717) is 30.3 Å². The molecule has 5 heteroatoms. The molecule has 5 rings (SSSR count). The Balaban J connectivity index is 1.36. The molecule has 0 atom stereocenters. The molecule has 3 aromatic carbocycles. The summed E-state index contributed by atoms with van der Waals surface area (Å²) in [6.07, 6.45) is 2.70. The zero-order valence-corrected chi connectivity index (χ0v) is 18.0. The molecule has 2 heterocycles. The van der Waals surface area contributed by atoms with Gasteiger partial charge in [-0.25, -0.2) is 0 Å². The Bertz CT molecular complexity index is 1180. The van der Waals surface area contributed by atoms with Crippen molar-refractivity contribution in [3.8, 4) is 11.5 Å². The van der Waals surface area contributed by atoms with Gasteiger partial charge in [0.25, 0.3) is 0 Å². The third-order valence-corrected chi connectivity index (χ3v) is 5.90. The molecule has 0 spiro atoms. The zero-order valence-electron chi connectivity index (χ0n) is 17.2. The van der Waals surface area contributed by atoms with Crippen LogP contribution in [-0.4, -0.2) is 24.0 Å². The van der Waals surface area contributed by atoms with Crippen molar-refractivity contribution < 1.29 is 14.3 Å². The molecule has 0 aliphatic carbocycles. The first-order chi connectivity index (χ1) is 15.1. The molecule has 0 N–H and O–H groups in total. The number of fused-ring (bicyclic) bond motifs is 3. The van der Waals surface area contributed by atoms with Crippen molar-refractivity contribution in [3.05, 3.63) is 99.3 Å². The highest BCUT2D eigenvalue weighted by atomic mass is 35.5. The number of carbonyl (C=O) groups excluding carboxylic acids is 1. The van der Waals surface area contributed by atoms with Gasteiger partial charge in [-0.2, -0.15) is 0 Å². The third-order valence-electron chi connectivity index (χ3n) is 5.65. The minimum absolute atomic E-state index is 0.0856. The fourth-order valence-electron chi connectivity index (χ4n) is 4.00. The fraction of sp³-hybridized carbons (Fsp3) is 0.192. The van der Waals surface area contributed by atoms with Crippen molar-refractivity contribution in [1.29, 1.82) is 0 Å². The Hall–Kier alpha value is -3.08. The predicted octanol–water partition coefficient (Wildman–Crippen LogP) is 5.66. The van der Waals surface area contributed by atoms with Crippen LogP contribution in [0.4, 0.5) is 0 Å². The molecular formula is C26H22ClNO3. The summed E-state index contributed by atoms with van der Waals surface area (Å²) in [7, 11) is 0. The Kier molecular flexibility index (Phi) is 5.26. The van der Waals surface area contributed by atoms with Crippen molar-refractivity contribution in [1.82, 2.24) is 4.90 Å². The molecule has 0 aromatic heterocycles. The van der Waals surface area contributed by atoms with Crippen LogP contribution in [0.5, 0.6) is 11.5 Å². The number of halogens is 1. The van der Waals surface area contributed by atoms with Crippen LogP contribution in [0.3, 0.4) is 0 Å². The molecule has 2 aliphatic heterocycles. The minimum Gasteiger partial charge on any atom is -0.478 e. The second kappa shape index (κ2) is 8.22. The van der Waals surface area contributed by atoms with Gasteiger partial charge in [-0.1, -0.05) is 53.6 Å². The van der Waals surface area contributed by atoms with Crippen LogP contribution in [-0.2, 0) is 13.0 Å². The molecule has 0 unspecified atom stereocenters. The van der Waals surface area contributed by atoms with E-state index in [9.17, 15) is 4.79 Å². The van der Waals surface area contributed by atoms with E-state index in [-0.39, 0.29) is 5.78 Å². The number of allylic oxidation sites excluding steroid dienone is 1. The van der Waals surface area contributed by atoms with Crippen LogP contribution < -0.4 is 9.47 Å². The summed E-state index contributed by atoms with van der Waals surface area (Å²) in [4.78, 5) is 15.1. The Morgan fingerprint density at radius 3 is 2.74 bits per heavy atom. The second-order valence-electron chi connectivity index (χ2n) is 7.98. The molecular weight excluding hydrogens is 410 g/mol. The molecule has 4 nitrogen and oxygen atoms in total. The maximum Gasteiger partial charge on any atom is 0.231 e.